The Bertz CT molecular complexity index is 525. The molecule has 0 spiro atoms. The summed E-state index contributed by atoms with van der Waals surface area (Å²) in [6, 6.07) is 4.58. The first-order valence-corrected chi connectivity index (χ1v) is 6.94. The fraction of sp³-hybridized carbons (Fsp3) is 0.429. The van der Waals surface area contributed by atoms with Crippen LogP contribution in [0.1, 0.15) is 36.0 Å². The smallest absolute Gasteiger partial charge is 0.337 e. The molecule has 0 aliphatic heterocycles. The predicted molar refractivity (Wildman–Crippen MR) is 77.0 cm³/mol. The Morgan fingerprint density at radius 3 is 2.45 bits per heavy atom. The van der Waals surface area contributed by atoms with Crippen LogP contribution < -0.4 is 11.1 Å². The number of carboxylic acids is 1. The van der Waals surface area contributed by atoms with E-state index in [9.17, 15) is 9.59 Å². The molecule has 0 unspecified atom stereocenters. The van der Waals surface area contributed by atoms with Gasteiger partial charge in [-0.15, -0.1) is 0 Å². The highest BCUT2D eigenvalue weighted by Crippen LogP contribution is 2.26. The Morgan fingerprint density at radius 2 is 1.90 bits per heavy atom. The van der Waals surface area contributed by atoms with Crippen LogP contribution >= 0.6 is 11.6 Å². The zero-order chi connectivity index (χ0) is 14.7. The van der Waals surface area contributed by atoms with Crippen LogP contribution in [0.25, 0.3) is 0 Å². The number of amides is 1. The van der Waals surface area contributed by atoms with Crippen LogP contribution in [0.5, 0.6) is 0 Å². The van der Waals surface area contributed by atoms with Gasteiger partial charge in [0.2, 0.25) is 5.91 Å². The maximum absolute atomic E-state index is 12.1. The summed E-state index contributed by atoms with van der Waals surface area (Å²) in [7, 11) is 0. The molecule has 1 aromatic carbocycles. The summed E-state index contributed by atoms with van der Waals surface area (Å²) in [5, 5.41) is 11.8. The van der Waals surface area contributed by atoms with Crippen LogP contribution in [0.15, 0.2) is 18.2 Å². The van der Waals surface area contributed by atoms with E-state index >= 15 is 0 Å². The van der Waals surface area contributed by atoms with Gasteiger partial charge in [-0.1, -0.05) is 11.6 Å². The van der Waals surface area contributed by atoms with Crippen LogP contribution in [-0.2, 0) is 4.79 Å². The Labute approximate surface area is 122 Å². The molecule has 0 heterocycles. The minimum atomic E-state index is -1.09. The molecule has 1 aromatic rings. The maximum Gasteiger partial charge on any atom is 0.337 e. The van der Waals surface area contributed by atoms with Crippen molar-refractivity contribution in [2.24, 2.45) is 11.7 Å². The first-order valence-electron chi connectivity index (χ1n) is 6.56. The number of carbonyl (C=O) groups excluding carboxylic acids is 1. The second-order valence-corrected chi connectivity index (χ2v) is 5.51. The van der Waals surface area contributed by atoms with Crippen molar-refractivity contribution in [1.82, 2.24) is 0 Å². The monoisotopic (exact) mass is 296 g/mol. The van der Waals surface area contributed by atoms with Gasteiger partial charge in [-0.05, 0) is 43.9 Å². The molecule has 6 heteroatoms. The van der Waals surface area contributed by atoms with Crippen molar-refractivity contribution in [3.8, 4) is 0 Å². The van der Waals surface area contributed by atoms with Crippen LogP contribution in [0.2, 0.25) is 5.02 Å². The summed E-state index contributed by atoms with van der Waals surface area (Å²) >= 11 is 5.86. The zero-order valence-electron chi connectivity index (χ0n) is 10.9. The van der Waals surface area contributed by atoms with Crippen LogP contribution in [-0.4, -0.2) is 23.0 Å². The largest absolute Gasteiger partial charge is 0.478 e. The molecule has 108 valence electrons. The molecule has 0 atom stereocenters. The number of aromatic carboxylic acids is 1. The quantitative estimate of drug-likeness (QED) is 0.799. The highest BCUT2D eigenvalue weighted by atomic mass is 35.5. The van der Waals surface area contributed by atoms with Gasteiger partial charge in [0.1, 0.15) is 0 Å². The lowest BCUT2D eigenvalue weighted by Crippen LogP contribution is -2.32. The number of halogens is 1. The molecule has 0 bridgehead atoms. The average molecular weight is 297 g/mol. The number of rotatable bonds is 3. The van der Waals surface area contributed by atoms with Gasteiger partial charge in [0.15, 0.2) is 0 Å². The summed E-state index contributed by atoms with van der Waals surface area (Å²) in [6.07, 6.45) is 3.29. The highest BCUT2D eigenvalue weighted by Gasteiger charge is 2.24. The van der Waals surface area contributed by atoms with Gasteiger partial charge in [-0.3, -0.25) is 4.79 Å². The van der Waals surface area contributed by atoms with E-state index in [-0.39, 0.29) is 28.5 Å². The van der Waals surface area contributed by atoms with Gasteiger partial charge in [-0.25, -0.2) is 4.79 Å². The van der Waals surface area contributed by atoms with Crippen molar-refractivity contribution in [1.29, 1.82) is 0 Å². The average Bonchev–Trinajstić information content (AvgIpc) is 2.39. The Kier molecular flexibility index (Phi) is 4.62. The molecule has 2 rings (SSSR count). The van der Waals surface area contributed by atoms with E-state index in [0.29, 0.717) is 5.69 Å². The standard InChI is InChI=1S/C14H17ClN2O3/c15-12-7-10(5-6-11(12)14(19)20)17-13(18)8-1-3-9(16)4-2-8/h5-9H,1-4,16H2,(H,17,18)(H,19,20). The molecule has 0 radical (unpaired) electrons. The summed E-state index contributed by atoms with van der Waals surface area (Å²) in [4.78, 5) is 22.9. The van der Waals surface area contributed by atoms with Gasteiger partial charge in [0.25, 0.3) is 0 Å². The predicted octanol–water partition coefficient (Wildman–Crippen LogP) is 2.49. The Morgan fingerprint density at radius 1 is 1.25 bits per heavy atom. The minimum Gasteiger partial charge on any atom is -0.478 e. The second-order valence-electron chi connectivity index (χ2n) is 5.10. The number of hydrogen-bond donors (Lipinski definition) is 3. The number of anilines is 1. The molecule has 1 aliphatic rings. The third-order valence-electron chi connectivity index (χ3n) is 3.61. The number of nitrogens with one attached hydrogen (secondary N) is 1. The van der Waals surface area contributed by atoms with E-state index in [2.05, 4.69) is 5.32 Å². The summed E-state index contributed by atoms with van der Waals surface area (Å²) in [6.45, 7) is 0. The lowest BCUT2D eigenvalue weighted by atomic mass is 9.86. The van der Waals surface area contributed by atoms with Crippen molar-refractivity contribution in [3.63, 3.8) is 0 Å². The Hall–Kier alpha value is -1.59. The fourth-order valence-corrected chi connectivity index (χ4v) is 2.65. The van der Waals surface area contributed by atoms with Crippen LogP contribution in [0.4, 0.5) is 5.69 Å². The summed E-state index contributed by atoms with van der Waals surface area (Å²) < 4.78 is 0. The van der Waals surface area contributed by atoms with Crippen LogP contribution in [0.3, 0.4) is 0 Å². The molecule has 1 saturated carbocycles. The topological polar surface area (TPSA) is 92.4 Å². The van der Waals surface area contributed by atoms with Gasteiger partial charge < -0.3 is 16.2 Å². The lowest BCUT2D eigenvalue weighted by Gasteiger charge is -2.25. The molecular weight excluding hydrogens is 280 g/mol. The third kappa shape index (κ3) is 3.49. The first kappa shape index (κ1) is 14.8. The lowest BCUT2D eigenvalue weighted by molar-refractivity contribution is -0.120. The molecule has 1 fully saturated rings. The number of hydrogen-bond acceptors (Lipinski definition) is 3. The van der Waals surface area contributed by atoms with E-state index < -0.39 is 5.97 Å². The van der Waals surface area contributed by atoms with Gasteiger partial charge in [0.05, 0.1) is 10.6 Å². The SMILES string of the molecule is NC1CCC(C(=O)Nc2ccc(C(=O)O)c(Cl)c2)CC1. The molecule has 1 amide bonds. The maximum atomic E-state index is 12.1. The molecule has 0 saturated heterocycles. The van der Waals surface area contributed by atoms with E-state index in [1.54, 1.807) is 6.07 Å². The highest BCUT2D eigenvalue weighted by molar-refractivity contribution is 6.33. The van der Waals surface area contributed by atoms with Gasteiger partial charge in [-0.2, -0.15) is 0 Å². The number of carbonyl (C=O) groups is 2. The van der Waals surface area contributed by atoms with Gasteiger partial charge in [0, 0.05) is 17.6 Å². The Balaban J connectivity index is 2.01. The van der Waals surface area contributed by atoms with Gasteiger partial charge >= 0.3 is 5.97 Å². The molecule has 4 N–H and O–H groups in total. The van der Waals surface area contributed by atoms with E-state index in [1.165, 1.54) is 12.1 Å². The molecule has 0 aromatic heterocycles. The van der Waals surface area contributed by atoms with Crippen molar-refractivity contribution in [2.45, 2.75) is 31.7 Å². The van der Waals surface area contributed by atoms with Crippen LogP contribution in [0, 0.1) is 5.92 Å². The van der Waals surface area contributed by atoms with Crippen molar-refractivity contribution < 1.29 is 14.7 Å². The second kappa shape index (κ2) is 6.24. The molecule has 20 heavy (non-hydrogen) atoms. The first-order chi connectivity index (χ1) is 9.47. The molecule has 1 aliphatic carbocycles. The van der Waals surface area contributed by atoms with Crippen molar-refractivity contribution in [3.05, 3.63) is 28.8 Å². The fourth-order valence-electron chi connectivity index (χ4n) is 2.39. The normalized spacial score (nSPS) is 22.3. The number of benzene rings is 1. The number of nitrogens with two attached hydrogens (primary N) is 1. The molecule has 5 nitrogen and oxygen atoms in total. The number of carboxylic acid groups (broad SMARTS) is 1. The molecular formula is C14H17ClN2O3. The minimum absolute atomic E-state index is 0.0216. The van der Waals surface area contributed by atoms with E-state index in [4.69, 9.17) is 22.4 Å². The van der Waals surface area contributed by atoms with Crippen molar-refractivity contribution >= 4 is 29.2 Å². The third-order valence-corrected chi connectivity index (χ3v) is 3.92. The van der Waals surface area contributed by atoms with E-state index in [1.807, 2.05) is 0 Å². The zero-order valence-corrected chi connectivity index (χ0v) is 11.7. The van der Waals surface area contributed by atoms with Crippen molar-refractivity contribution in [2.75, 3.05) is 5.32 Å². The summed E-state index contributed by atoms with van der Waals surface area (Å²) in [5.74, 6) is -1.18. The summed E-state index contributed by atoms with van der Waals surface area (Å²) in [5.41, 5.74) is 6.35. The van der Waals surface area contributed by atoms with E-state index in [0.717, 1.165) is 25.7 Å².